The average Bonchev–Trinajstić information content (AvgIpc) is 3.22. The van der Waals surface area contributed by atoms with E-state index in [9.17, 15) is 14.7 Å². The minimum atomic E-state index is -1.23. The standard InChI is InChI=1S/C21H24N4O2S.C3H6O3/c22-21-25-18(14-28-21)12-20(27)24-17-8-6-15(7-9-17)10-11-23-13-19(26)16-4-2-1-3-5-16;1-2(4)3(5)6/h1-9,14,19,23,26H,10-13H2,(H2,22,25)(H,24,27);2,4H,1H3,(H,5,6)/t19-;/m0./s1. The second-order valence-electron chi connectivity index (χ2n) is 7.49. The molecule has 10 heteroatoms. The van der Waals surface area contributed by atoms with Gasteiger partial charge in [0.05, 0.1) is 18.2 Å². The third-order valence-corrected chi connectivity index (χ3v) is 5.34. The first-order chi connectivity index (χ1) is 16.2. The summed E-state index contributed by atoms with van der Waals surface area (Å²) in [5, 5.41) is 34.3. The van der Waals surface area contributed by atoms with Crippen LogP contribution in [0.4, 0.5) is 10.8 Å². The lowest BCUT2D eigenvalue weighted by Crippen LogP contribution is -2.23. The molecule has 1 heterocycles. The number of carbonyl (C=O) groups is 2. The molecular weight excluding hydrogens is 456 g/mol. The molecule has 0 fully saturated rings. The SMILES string of the molecule is CC(O)C(=O)O.Nc1nc(CC(=O)Nc2ccc(CCNC[C@H](O)c3ccccc3)cc2)cs1. The number of hydrogen-bond acceptors (Lipinski definition) is 8. The molecule has 0 radical (unpaired) electrons. The van der Waals surface area contributed by atoms with Crippen molar-refractivity contribution in [2.75, 3.05) is 24.1 Å². The van der Waals surface area contributed by atoms with Crippen molar-refractivity contribution in [2.24, 2.45) is 0 Å². The third kappa shape index (κ3) is 10.1. The van der Waals surface area contributed by atoms with E-state index in [0.717, 1.165) is 29.8 Å². The summed E-state index contributed by atoms with van der Waals surface area (Å²) >= 11 is 1.33. The number of nitrogens with two attached hydrogens (primary N) is 1. The quantitative estimate of drug-likeness (QED) is 0.238. The Labute approximate surface area is 202 Å². The van der Waals surface area contributed by atoms with Gasteiger partial charge in [-0.25, -0.2) is 9.78 Å². The van der Waals surface area contributed by atoms with Crippen molar-refractivity contribution < 1.29 is 24.9 Å². The number of carboxylic acid groups (broad SMARTS) is 1. The Morgan fingerprint density at radius 3 is 2.29 bits per heavy atom. The minimum absolute atomic E-state index is 0.116. The Morgan fingerprint density at radius 2 is 1.74 bits per heavy atom. The number of anilines is 2. The summed E-state index contributed by atoms with van der Waals surface area (Å²) in [6.45, 7) is 2.47. The molecule has 2 atom stereocenters. The van der Waals surface area contributed by atoms with Gasteiger partial charge in [0.2, 0.25) is 5.91 Å². The summed E-state index contributed by atoms with van der Waals surface area (Å²) in [7, 11) is 0. The van der Waals surface area contributed by atoms with Gasteiger partial charge in [-0.05, 0) is 43.1 Å². The van der Waals surface area contributed by atoms with E-state index in [1.807, 2.05) is 54.6 Å². The molecule has 3 aromatic rings. The van der Waals surface area contributed by atoms with E-state index in [-0.39, 0.29) is 12.3 Å². The number of carbonyl (C=O) groups excluding carboxylic acids is 1. The lowest BCUT2D eigenvalue weighted by atomic mass is 10.1. The topological polar surface area (TPSA) is 158 Å². The van der Waals surface area contributed by atoms with Crippen molar-refractivity contribution in [1.82, 2.24) is 10.3 Å². The fourth-order valence-electron chi connectivity index (χ4n) is 2.79. The fraction of sp³-hybridized carbons (Fsp3) is 0.292. The predicted molar refractivity (Wildman–Crippen MR) is 133 cm³/mol. The van der Waals surface area contributed by atoms with Crippen molar-refractivity contribution in [3.8, 4) is 0 Å². The van der Waals surface area contributed by atoms with Crippen LogP contribution in [0.15, 0.2) is 60.0 Å². The number of carboxylic acids is 1. The number of benzene rings is 2. The van der Waals surface area contributed by atoms with E-state index in [2.05, 4.69) is 15.6 Å². The van der Waals surface area contributed by atoms with Crippen LogP contribution in [0.25, 0.3) is 0 Å². The van der Waals surface area contributed by atoms with Crippen LogP contribution in [0.1, 0.15) is 29.8 Å². The molecule has 1 amide bonds. The van der Waals surface area contributed by atoms with Gasteiger partial charge >= 0.3 is 5.97 Å². The number of thiazole rings is 1. The van der Waals surface area contributed by atoms with E-state index >= 15 is 0 Å². The summed E-state index contributed by atoms with van der Waals surface area (Å²) in [5.41, 5.74) is 9.08. The van der Waals surface area contributed by atoms with E-state index in [1.165, 1.54) is 18.3 Å². The number of aliphatic carboxylic acids is 1. The minimum Gasteiger partial charge on any atom is -0.479 e. The van der Waals surface area contributed by atoms with Gasteiger partial charge in [0.1, 0.15) is 6.10 Å². The number of amides is 1. The average molecular weight is 487 g/mol. The first kappa shape index (κ1) is 26.9. The zero-order valence-electron chi connectivity index (χ0n) is 18.8. The highest BCUT2D eigenvalue weighted by Crippen LogP contribution is 2.14. The van der Waals surface area contributed by atoms with Crippen molar-refractivity contribution in [2.45, 2.75) is 32.0 Å². The van der Waals surface area contributed by atoms with Crippen LogP contribution in [0.2, 0.25) is 0 Å². The monoisotopic (exact) mass is 486 g/mol. The van der Waals surface area contributed by atoms with E-state index < -0.39 is 18.2 Å². The first-order valence-electron chi connectivity index (χ1n) is 10.7. The summed E-state index contributed by atoms with van der Waals surface area (Å²) in [4.78, 5) is 25.6. The molecule has 2 aromatic carbocycles. The maximum absolute atomic E-state index is 12.0. The number of nitrogen functional groups attached to an aromatic ring is 1. The van der Waals surface area contributed by atoms with Gasteiger partial charge in [-0.2, -0.15) is 0 Å². The third-order valence-electron chi connectivity index (χ3n) is 4.62. The van der Waals surface area contributed by atoms with E-state index in [1.54, 1.807) is 5.38 Å². The molecule has 0 aliphatic rings. The highest BCUT2D eigenvalue weighted by atomic mass is 32.1. The molecule has 182 valence electrons. The number of nitrogens with one attached hydrogen (secondary N) is 2. The number of nitrogens with zero attached hydrogens (tertiary/aromatic N) is 1. The lowest BCUT2D eigenvalue weighted by molar-refractivity contribution is -0.145. The van der Waals surface area contributed by atoms with Crippen LogP contribution in [0, 0.1) is 0 Å². The second kappa shape index (κ2) is 14.1. The van der Waals surface area contributed by atoms with Gasteiger partial charge in [0.25, 0.3) is 0 Å². The summed E-state index contributed by atoms with van der Waals surface area (Å²) < 4.78 is 0. The maximum atomic E-state index is 12.0. The van der Waals surface area contributed by atoms with Crippen LogP contribution in [0.3, 0.4) is 0 Å². The predicted octanol–water partition coefficient (Wildman–Crippen LogP) is 2.22. The van der Waals surface area contributed by atoms with Gasteiger partial charge in [0.15, 0.2) is 5.13 Å². The number of aliphatic hydroxyl groups is 2. The molecule has 7 N–H and O–H groups in total. The number of aliphatic hydroxyl groups excluding tert-OH is 2. The van der Waals surface area contributed by atoms with Gasteiger partial charge in [0, 0.05) is 17.6 Å². The molecule has 9 nitrogen and oxygen atoms in total. The van der Waals surface area contributed by atoms with Crippen LogP contribution in [0.5, 0.6) is 0 Å². The number of aromatic nitrogens is 1. The lowest BCUT2D eigenvalue weighted by Gasteiger charge is -2.12. The molecule has 0 bridgehead atoms. The Bertz CT molecular complexity index is 1030. The molecular formula is C24H30N4O5S. The summed E-state index contributed by atoms with van der Waals surface area (Å²) in [5.74, 6) is -1.30. The molecule has 34 heavy (non-hydrogen) atoms. The zero-order chi connectivity index (χ0) is 24.9. The van der Waals surface area contributed by atoms with Crippen molar-refractivity contribution in [3.05, 3.63) is 76.8 Å². The fourth-order valence-corrected chi connectivity index (χ4v) is 3.36. The van der Waals surface area contributed by atoms with Crippen LogP contribution < -0.4 is 16.4 Å². The van der Waals surface area contributed by atoms with Crippen molar-refractivity contribution in [1.29, 1.82) is 0 Å². The molecule has 3 rings (SSSR count). The zero-order valence-corrected chi connectivity index (χ0v) is 19.7. The Morgan fingerprint density at radius 1 is 1.09 bits per heavy atom. The van der Waals surface area contributed by atoms with E-state index in [4.69, 9.17) is 15.9 Å². The van der Waals surface area contributed by atoms with Crippen LogP contribution >= 0.6 is 11.3 Å². The van der Waals surface area contributed by atoms with Crippen LogP contribution in [-0.4, -0.2) is 51.4 Å². The summed E-state index contributed by atoms with van der Waals surface area (Å²) in [6.07, 6.45) is -0.686. The Hall–Kier alpha value is -3.31. The van der Waals surface area contributed by atoms with Crippen molar-refractivity contribution in [3.63, 3.8) is 0 Å². The molecule has 0 saturated heterocycles. The maximum Gasteiger partial charge on any atom is 0.332 e. The number of rotatable bonds is 10. The molecule has 1 aromatic heterocycles. The largest absolute Gasteiger partial charge is 0.479 e. The molecule has 0 saturated carbocycles. The van der Waals surface area contributed by atoms with Gasteiger partial charge < -0.3 is 31.7 Å². The Kier molecular flexibility index (Phi) is 11.1. The van der Waals surface area contributed by atoms with Gasteiger partial charge in [-0.15, -0.1) is 11.3 Å². The van der Waals surface area contributed by atoms with Crippen molar-refractivity contribution >= 4 is 34.0 Å². The van der Waals surface area contributed by atoms with Gasteiger partial charge in [-0.1, -0.05) is 42.5 Å². The normalized spacial score (nSPS) is 12.2. The Balaban J connectivity index is 0.000000604. The highest BCUT2D eigenvalue weighted by Gasteiger charge is 2.08. The second-order valence-corrected chi connectivity index (χ2v) is 8.38. The molecule has 1 unspecified atom stereocenters. The first-order valence-corrected chi connectivity index (χ1v) is 11.6. The van der Waals surface area contributed by atoms with Gasteiger partial charge in [-0.3, -0.25) is 4.79 Å². The highest BCUT2D eigenvalue weighted by molar-refractivity contribution is 7.13. The number of hydrogen-bond donors (Lipinski definition) is 6. The molecule has 0 aliphatic carbocycles. The summed E-state index contributed by atoms with van der Waals surface area (Å²) in [6, 6.07) is 17.4. The molecule has 0 spiro atoms. The van der Waals surface area contributed by atoms with E-state index in [0.29, 0.717) is 17.4 Å². The molecule has 0 aliphatic heterocycles. The smallest absolute Gasteiger partial charge is 0.332 e. The van der Waals surface area contributed by atoms with Crippen LogP contribution in [-0.2, 0) is 22.4 Å².